The average Bonchev–Trinajstić information content (AvgIpc) is 3.33. The SMILES string of the molecule is COCc1noc(CN2C(=O)C[C@H]3[C@@H]2CCN3C(=O)c2ccc(Cl)cc2F)n1. The summed E-state index contributed by atoms with van der Waals surface area (Å²) in [6, 6.07) is 3.49. The Hall–Kier alpha value is -2.52. The van der Waals surface area contributed by atoms with Gasteiger partial charge in [0.05, 0.1) is 17.6 Å². The van der Waals surface area contributed by atoms with Gasteiger partial charge in [0.1, 0.15) is 19.0 Å². The molecular formula is C18H18ClFN4O4. The first-order valence-corrected chi connectivity index (χ1v) is 9.21. The van der Waals surface area contributed by atoms with E-state index >= 15 is 0 Å². The van der Waals surface area contributed by atoms with E-state index < -0.39 is 11.7 Å². The highest BCUT2D eigenvalue weighted by Gasteiger charge is 2.49. The van der Waals surface area contributed by atoms with E-state index in [0.717, 1.165) is 6.07 Å². The van der Waals surface area contributed by atoms with E-state index in [2.05, 4.69) is 10.1 Å². The minimum Gasteiger partial charge on any atom is -0.377 e. The molecule has 2 atom stereocenters. The third kappa shape index (κ3) is 3.35. The lowest BCUT2D eigenvalue weighted by molar-refractivity contribution is -0.130. The van der Waals surface area contributed by atoms with Gasteiger partial charge in [0.15, 0.2) is 5.82 Å². The summed E-state index contributed by atoms with van der Waals surface area (Å²) in [6.07, 6.45) is 0.793. The number of carbonyl (C=O) groups excluding carboxylic acids is 2. The molecule has 3 heterocycles. The summed E-state index contributed by atoms with van der Waals surface area (Å²) in [5.74, 6) is -0.484. The predicted molar refractivity (Wildman–Crippen MR) is 94.8 cm³/mol. The maximum atomic E-state index is 14.2. The second-order valence-electron chi connectivity index (χ2n) is 6.81. The van der Waals surface area contributed by atoms with Crippen molar-refractivity contribution >= 4 is 23.4 Å². The topological polar surface area (TPSA) is 88.8 Å². The lowest BCUT2D eigenvalue weighted by Gasteiger charge is -2.24. The molecule has 0 unspecified atom stereocenters. The van der Waals surface area contributed by atoms with Gasteiger partial charge in [-0.2, -0.15) is 4.98 Å². The van der Waals surface area contributed by atoms with Crippen LogP contribution in [0.25, 0.3) is 0 Å². The number of fused-ring (bicyclic) bond motifs is 1. The Kier molecular flexibility index (Phi) is 5.03. The van der Waals surface area contributed by atoms with E-state index in [1.807, 2.05) is 0 Å². The molecule has 0 radical (unpaired) electrons. The molecule has 2 aliphatic heterocycles. The summed E-state index contributed by atoms with van der Waals surface area (Å²) in [5, 5.41) is 4.02. The largest absolute Gasteiger partial charge is 0.377 e. The fraction of sp³-hybridized carbons (Fsp3) is 0.444. The Bertz CT molecular complexity index is 921. The van der Waals surface area contributed by atoms with Crippen molar-refractivity contribution in [3.05, 3.63) is 46.3 Å². The lowest BCUT2D eigenvalue weighted by atomic mass is 10.1. The summed E-state index contributed by atoms with van der Waals surface area (Å²) in [6.45, 7) is 0.839. The predicted octanol–water partition coefficient (Wildman–Crippen LogP) is 2.02. The number of methoxy groups -OCH3 is 1. The van der Waals surface area contributed by atoms with Gasteiger partial charge in [-0.05, 0) is 24.6 Å². The van der Waals surface area contributed by atoms with E-state index in [9.17, 15) is 14.0 Å². The molecule has 10 heteroatoms. The molecular weight excluding hydrogens is 391 g/mol. The molecule has 2 aliphatic rings. The number of ether oxygens (including phenoxy) is 1. The first kappa shape index (κ1) is 18.8. The van der Waals surface area contributed by atoms with E-state index in [0.29, 0.717) is 24.7 Å². The summed E-state index contributed by atoms with van der Waals surface area (Å²) in [5.41, 5.74) is -0.0444. The van der Waals surface area contributed by atoms with Gasteiger partial charge in [0.2, 0.25) is 11.8 Å². The first-order valence-electron chi connectivity index (χ1n) is 8.84. The van der Waals surface area contributed by atoms with Crippen LogP contribution in [-0.2, 0) is 22.7 Å². The standard InChI is InChI=1S/C18H18ClFN4O4/c1-27-9-15-21-16(28-22-15)8-24-13-4-5-23(14(13)7-17(24)25)18(26)11-3-2-10(19)6-12(11)20/h2-3,6,13-14H,4-5,7-9H2,1H3/t13-,14-/m0/s1. The number of halogens is 2. The van der Waals surface area contributed by atoms with Crippen LogP contribution >= 0.6 is 11.6 Å². The van der Waals surface area contributed by atoms with Crippen LogP contribution in [0.1, 0.15) is 34.9 Å². The zero-order valence-corrected chi connectivity index (χ0v) is 15.9. The van der Waals surface area contributed by atoms with Crippen LogP contribution in [-0.4, -0.2) is 57.5 Å². The number of aromatic nitrogens is 2. The molecule has 0 spiro atoms. The molecule has 8 nitrogen and oxygen atoms in total. The quantitative estimate of drug-likeness (QED) is 0.752. The number of benzene rings is 1. The molecule has 1 aromatic carbocycles. The average molecular weight is 409 g/mol. The van der Waals surface area contributed by atoms with Crippen LogP contribution in [0.2, 0.25) is 5.02 Å². The molecule has 0 saturated carbocycles. The Labute approximate surface area is 165 Å². The maximum absolute atomic E-state index is 14.2. The molecule has 2 saturated heterocycles. The summed E-state index contributed by atoms with van der Waals surface area (Å²) >= 11 is 5.76. The second-order valence-corrected chi connectivity index (χ2v) is 7.25. The Morgan fingerprint density at radius 1 is 1.43 bits per heavy atom. The van der Waals surface area contributed by atoms with Crippen LogP contribution in [0.4, 0.5) is 4.39 Å². The van der Waals surface area contributed by atoms with Crippen molar-refractivity contribution in [1.82, 2.24) is 19.9 Å². The van der Waals surface area contributed by atoms with Crippen molar-refractivity contribution in [3.63, 3.8) is 0 Å². The number of hydrogen-bond acceptors (Lipinski definition) is 6. The number of carbonyl (C=O) groups is 2. The van der Waals surface area contributed by atoms with Gasteiger partial charge in [0.25, 0.3) is 5.91 Å². The zero-order valence-electron chi connectivity index (χ0n) is 15.1. The van der Waals surface area contributed by atoms with Gasteiger partial charge in [0, 0.05) is 25.1 Å². The van der Waals surface area contributed by atoms with Crippen molar-refractivity contribution < 1.29 is 23.2 Å². The molecule has 148 valence electrons. The van der Waals surface area contributed by atoms with Gasteiger partial charge in [-0.25, -0.2) is 4.39 Å². The Balaban J connectivity index is 1.49. The summed E-state index contributed by atoms with van der Waals surface area (Å²) in [4.78, 5) is 32.8. The van der Waals surface area contributed by atoms with Gasteiger partial charge in [-0.15, -0.1) is 0 Å². The monoisotopic (exact) mass is 408 g/mol. The van der Waals surface area contributed by atoms with Crippen LogP contribution in [0, 0.1) is 5.82 Å². The van der Waals surface area contributed by atoms with Gasteiger partial charge in [-0.3, -0.25) is 9.59 Å². The molecule has 0 bridgehead atoms. The third-order valence-corrected chi connectivity index (χ3v) is 5.36. The molecule has 4 rings (SSSR count). The maximum Gasteiger partial charge on any atom is 0.257 e. The van der Waals surface area contributed by atoms with E-state index in [-0.39, 0.29) is 48.1 Å². The Morgan fingerprint density at radius 2 is 2.25 bits per heavy atom. The van der Waals surface area contributed by atoms with Gasteiger partial charge < -0.3 is 19.1 Å². The smallest absolute Gasteiger partial charge is 0.257 e. The first-order chi connectivity index (χ1) is 13.5. The molecule has 1 aromatic heterocycles. The number of amides is 2. The van der Waals surface area contributed by atoms with Crippen LogP contribution < -0.4 is 0 Å². The van der Waals surface area contributed by atoms with Crippen LogP contribution in [0.5, 0.6) is 0 Å². The molecule has 2 aromatic rings. The van der Waals surface area contributed by atoms with Gasteiger partial charge >= 0.3 is 0 Å². The molecule has 0 N–H and O–H groups in total. The highest BCUT2D eigenvalue weighted by molar-refractivity contribution is 6.30. The van der Waals surface area contributed by atoms with E-state index in [1.54, 1.807) is 9.80 Å². The van der Waals surface area contributed by atoms with E-state index in [4.69, 9.17) is 20.9 Å². The fourth-order valence-corrected chi connectivity index (χ4v) is 4.05. The number of rotatable bonds is 5. The number of hydrogen-bond donors (Lipinski definition) is 0. The molecule has 2 fully saturated rings. The van der Waals surface area contributed by atoms with E-state index in [1.165, 1.54) is 19.2 Å². The van der Waals surface area contributed by atoms with Crippen molar-refractivity contribution in [3.8, 4) is 0 Å². The highest BCUT2D eigenvalue weighted by atomic mass is 35.5. The summed E-state index contributed by atoms with van der Waals surface area (Å²) < 4.78 is 24.3. The summed E-state index contributed by atoms with van der Waals surface area (Å²) in [7, 11) is 1.53. The second kappa shape index (κ2) is 7.48. The fourth-order valence-electron chi connectivity index (χ4n) is 3.89. The van der Waals surface area contributed by atoms with Crippen molar-refractivity contribution in [2.24, 2.45) is 0 Å². The third-order valence-electron chi connectivity index (χ3n) is 5.13. The molecule has 0 aliphatic carbocycles. The lowest BCUT2D eigenvalue weighted by Crippen LogP contribution is -2.40. The zero-order chi connectivity index (χ0) is 19.8. The molecule has 2 amide bonds. The van der Waals surface area contributed by atoms with Crippen molar-refractivity contribution in [2.45, 2.75) is 38.1 Å². The highest BCUT2D eigenvalue weighted by Crippen LogP contribution is 2.34. The van der Waals surface area contributed by atoms with Gasteiger partial charge in [-0.1, -0.05) is 16.8 Å². The minimum absolute atomic E-state index is 0.0444. The molecule has 28 heavy (non-hydrogen) atoms. The number of nitrogens with zero attached hydrogens (tertiary/aromatic N) is 4. The Morgan fingerprint density at radius 3 is 3.00 bits per heavy atom. The van der Waals surface area contributed by atoms with Crippen molar-refractivity contribution in [1.29, 1.82) is 0 Å². The van der Waals surface area contributed by atoms with Crippen LogP contribution in [0.3, 0.4) is 0 Å². The number of likely N-dealkylation sites (tertiary alicyclic amines) is 2. The minimum atomic E-state index is -0.668. The van der Waals surface area contributed by atoms with Crippen molar-refractivity contribution in [2.75, 3.05) is 13.7 Å². The normalized spacial score (nSPS) is 21.5. The van der Waals surface area contributed by atoms with Crippen LogP contribution in [0.15, 0.2) is 22.7 Å².